The van der Waals surface area contributed by atoms with Gasteiger partial charge in [-0.05, 0) is 26.2 Å². The zero-order chi connectivity index (χ0) is 12.0. The molecule has 1 rings (SSSR count). The number of anilines is 1. The predicted octanol–water partition coefficient (Wildman–Crippen LogP) is 1.75. The summed E-state index contributed by atoms with van der Waals surface area (Å²) in [5.74, 6) is -0.125. The normalized spacial score (nSPS) is 12.5. The first kappa shape index (κ1) is 12.8. The highest BCUT2D eigenvalue weighted by Gasteiger charge is 2.08. The molecule has 0 aliphatic carbocycles. The zero-order valence-electron chi connectivity index (χ0n) is 9.70. The van der Waals surface area contributed by atoms with Crippen LogP contribution in [0.2, 0.25) is 0 Å². The lowest BCUT2D eigenvalue weighted by molar-refractivity contribution is 0.183. The lowest BCUT2D eigenvalue weighted by Crippen LogP contribution is -2.10. The molecule has 1 aromatic rings. The van der Waals surface area contributed by atoms with Crippen LogP contribution >= 0.6 is 0 Å². The number of aryl methyl sites for hydroxylation is 1. The summed E-state index contributed by atoms with van der Waals surface area (Å²) >= 11 is 0. The minimum Gasteiger partial charge on any atom is -0.393 e. The molecule has 0 fully saturated rings. The van der Waals surface area contributed by atoms with Crippen LogP contribution < -0.4 is 5.32 Å². The van der Waals surface area contributed by atoms with Gasteiger partial charge in [0.25, 0.3) is 0 Å². The number of nitrogens with one attached hydrogen (secondary N) is 1. The van der Waals surface area contributed by atoms with E-state index in [0.717, 1.165) is 6.42 Å². The fraction of sp³-hybridized carbons (Fsp3) is 0.636. The second kappa shape index (κ2) is 6.37. The second-order valence-corrected chi connectivity index (χ2v) is 3.75. The highest BCUT2D eigenvalue weighted by molar-refractivity contribution is 5.36. The van der Waals surface area contributed by atoms with E-state index in [-0.39, 0.29) is 17.7 Å². The number of aromatic nitrogens is 2. The molecule has 1 atom stereocenters. The van der Waals surface area contributed by atoms with Crippen molar-refractivity contribution in [1.29, 1.82) is 0 Å². The molecule has 1 unspecified atom stereocenters. The summed E-state index contributed by atoms with van der Waals surface area (Å²) in [6.07, 6.45) is 3.07. The lowest BCUT2D eigenvalue weighted by Gasteiger charge is -2.08. The van der Waals surface area contributed by atoms with Gasteiger partial charge in [0.15, 0.2) is 11.6 Å². The van der Waals surface area contributed by atoms with Gasteiger partial charge in [-0.3, -0.25) is 0 Å². The number of aliphatic hydroxyl groups excluding tert-OH is 1. The van der Waals surface area contributed by atoms with Crippen molar-refractivity contribution in [3.63, 3.8) is 0 Å². The molecule has 0 saturated heterocycles. The Labute approximate surface area is 94.9 Å². The van der Waals surface area contributed by atoms with Gasteiger partial charge in [-0.2, -0.15) is 0 Å². The second-order valence-electron chi connectivity index (χ2n) is 3.75. The van der Waals surface area contributed by atoms with E-state index in [4.69, 9.17) is 5.11 Å². The van der Waals surface area contributed by atoms with Gasteiger partial charge in [0, 0.05) is 6.54 Å². The van der Waals surface area contributed by atoms with E-state index in [1.165, 1.54) is 6.33 Å². The molecule has 0 aliphatic heterocycles. The molecule has 1 aromatic heterocycles. The largest absolute Gasteiger partial charge is 0.393 e. The van der Waals surface area contributed by atoms with Crippen LogP contribution in [0.5, 0.6) is 0 Å². The van der Waals surface area contributed by atoms with E-state index in [9.17, 15) is 4.39 Å². The van der Waals surface area contributed by atoms with Gasteiger partial charge >= 0.3 is 0 Å². The van der Waals surface area contributed by atoms with E-state index in [1.54, 1.807) is 6.92 Å². The van der Waals surface area contributed by atoms with Crippen LogP contribution in [0.1, 0.15) is 32.4 Å². The van der Waals surface area contributed by atoms with Crippen molar-refractivity contribution in [3.05, 3.63) is 17.8 Å². The smallest absolute Gasteiger partial charge is 0.186 e. The van der Waals surface area contributed by atoms with Crippen LogP contribution in [-0.2, 0) is 6.42 Å². The number of rotatable bonds is 6. The number of nitrogens with zero attached hydrogens (tertiary/aromatic N) is 2. The van der Waals surface area contributed by atoms with Crippen LogP contribution in [0.4, 0.5) is 10.2 Å². The first-order valence-corrected chi connectivity index (χ1v) is 5.56. The van der Waals surface area contributed by atoms with Gasteiger partial charge in [-0.25, -0.2) is 14.4 Å². The third-order valence-corrected chi connectivity index (χ3v) is 2.29. The van der Waals surface area contributed by atoms with Gasteiger partial charge in [0.2, 0.25) is 0 Å². The standard InChI is InChI=1S/C11H18FN3O/c1-3-9-10(12)11(15-7-14-9)13-6-4-5-8(2)16/h7-8,16H,3-6H2,1-2H3,(H,13,14,15). The molecule has 1 heterocycles. The van der Waals surface area contributed by atoms with Gasteiger partial charge < -0.3 is 10.4 Å². The van der Waals surface area contributed by atoms with Crippen LogP contribution in [0, 0.1) is 5.82 Å². The Bertz CT molecular complexity index is 331. The molecule has 4 nitrogen and oxygen atoms in total. The van der Waals surface area contributed by atoms with Crippen LogP contribution in [0.25, 0.3) is 0 Å². The Kier molecular flexibility index (Phi) is 5.11. The summed E-state index contributed by atoms with van der Waals surface area (Å²) in [6, 6.07) is 0. The molecular formula is C11H18FN3O. The number of hydrogen-bond donors (Lipinski definition) is 2. The Morgan fingerprint density at radius 2 is 2.25 bits per heavy atom. The Morgan fingerprint density at radius 1 is 1.50 bits per heavy atom. The molecule has 0 amide bonds. The van der Waals surface area contributed by atoms with E-state index in [1.807, 2.05) is 6.92 Å². The summed E-state index contributed by atoms with van der Waals surface area (Å²) in [7, 11) is 0. The first-order valence-electron chi connectivity index (χ1n) is 5.56. The summed E-state index contributed by atoms with van der Waals surface area (Å²) < 4.78 is 13.6. The first-order chi connectivity index (χ1) is 7.65. The van der Waals surface area contributed by atoms with Crippen molar-refractivity contribution < 1.29 is 9.50 Å². The maximum Gasteiger partial charge on any atom is 0.186 e. The quantitative estimate of drug-likeness (QED) is 0.727. The third kappa shape index (κ3) is 3.73. The van der Waals surface area contributed by atoms with E-state index < -0.39 is 0 Å². The maximum absolute atomic E-state index is 13.6. The predicted molar refractivity (Wildman–Crippen MR) is 60.8 cm³/mol. The fourth-order valence-corrected chi connectivity index (χ4v) is 1.38. The van der Waals surface area contributed by atoms with Crippen LogP contribution in [-0.4, -0.2) is 27.7 Å². The minimum absolute atomic E-state index is 0.248. The fourth-order valence-electron chi connectivity index (χ4n) is 1.38. The molecule has 0 aromatic carbocycles. The topological polar surface area (TPSA) is 58.0 Å². The van der Waals surface area contributed by atoms with E-state index in [2.05, 4.69) is 15.3 Å². The number of hydrogen-bond acceptors (Lipinski definition) is 4. The van der Waals surface area contributed by atoms with Crippen molar-refractivity contribution in [2.45, 2.75) is 39.2 Å². The molecule has 0 bridgehead atoms. The SMILES string of the molecule is CCc1ncnc(NCCCC(C)O)c1F. The van der Waals surface area contributed by atoms with Crippen LogP contribution in [0.3, 0.4) is 0 Å². The van der Waals surface area contributed by atoms with Crippen molar-refractivity contribution in [2.24, 2.45) is 0 Å². The maximum atomic E-state index is 13.6. The summed E-state index contributed by atoms with van der Waals surface area (Å²) in [6.45, 7) is 4.19. The lowest BCUT2D eigenvalue weighted by atomic mass is 10.2. The molecular weight excluding hydrogens is 209 g/mol. The van der Waals surface area contributed by atoms with Crippen molar-refractivity contribution >= 4 is 5.82 Å². The molecule has 0 radical (unpaired) electrons. The average Bonchev–Trinajstić information content (AvgIpc) is 2.26. The molecule has 2 N–H and O–H groups in total. The molecule has 0 aliphatic rings. The van der Waals surface area contributed by atoms with E-state index >= 15 is 0 Å². The molecule has 16 heavy (non-hydrogen) atoms. The van der Waals surface area contributed by atoms with Crippen molar-refractivity contribution in [3.8, 4) is 0 Å². The third-order valence-electron chi connectivity index (χ3n) is 2.29. The molecule has 0 spiro atoms. The summed E-state index contributed by atoms with van der Waals surface area (Å²) in [5, 5.41) is 12.0. The van der Waals surface area contributed by atoms with Gasteiger partial charge in [0.1, 0.15) is 6.33 Å². The monoisotopic (exact) mass is 227 g/mol. The van der Waals surface area contributed by atoms with E-state index in [0.29, 0.717) is 25.1 Å². The summed E-state index contributed by atoms with van der Waals surface area (Å²) in [4.78, 5) is 7.69. The molecule has 90 valence electrons. The van der Waals surface area contributed by atoms with Gasteiger partial charge in [-0.1, -0.05) is 6.92 Å². The highest BCUT2D eigenvalue weighted by atomic mass is 19.1. The Balaban J connectivity index is 2.47. The molecule has 0 saturated carbocycles. The van der Waals surface area contributed by atoms with Gasteiger partial charge in [-0.15, -0.1) is 0 Å². The van der Waals surface area contributed by atoms with Crippen molar-refractivity contribution in [1.82, 2.24) is 9.97 Å². The van der Waals surface area contributed by atoms with Gasteiger partial charge in [0.05, 0.1) is 11.8 Å². The summed E-state index contributed by atoms with van der Waals surface area (Å²) in [5.41, 5.74) is 0.424. The Hall–Kier alpha value is -1.23. The van der Waals surface area contributed by atoms with Crippen molar-refractivity contribution in [2.75, 3.05) is 11.9 Å². The minimum atomic E-state index is -0.373. The number of aliphatic hydroxyl groups is 1. The average molecular weight is 227 g/mol. The van der Waals surface area contributed by atoms with Crippen LogP contribution in [0.15, 0.2) is 6.33 Å². The highest BCUT2D eigenvalue weighted by Crippen LogP contribution is 2.13. The zero-order valence-corrected chi connectivity index (χ0v) is 9.70. The number of halogens is 1. The molecule has 5 heteroatoms. The Morgan fingerprint density at radius 3 is 2.88 bits per heavy atom.